The van der Waals surface area contributed by atoms with Crippen LogP contribution in [-0.4, -0.2) is 33.0 Å². The molecule has 0 aliphatic carbocycles. The molecule has 0 aromatic carbocycles. The van der Waals surface area contributed by atoms with Crippen LogP contribution in [0.2, 0.25) is 0 Å². The second kappa shape index (κ2) is 5.40. The largest absolute Gasteiger partial charge is 0.481 e. The summed E-state index contributed by atoms with van der Waals surface area (Å²) in [6, 6.07) is 0. The van der Waals surface area contributed by atoms with E-state index < -0.39 is 5.97 Å². The maximum atomic E-state index is 10.5. The van der Waals surface area contributed by atoms with Gasteiger partial charge in [0.15, 0.2) is 0 Å². The average molecular weight is 281 g/mol. The van der Waals surface area contributed by atoms with E-state index in [1.165, 1.54) is 11.3 Å². The molecular weight excluding hydrogens is 266 g/mol. The Kier molecular flexibility index (Phi) is 3.84. The zero-order valence-corrected chi connectivity index (χ0v) is 11.8. The van der Waals surface area contributed by atoms with E-state index >= 15 is 0 Å². The topological polar surface area (TPSA) is 77.2 Å². The summed E-state index contributed by atoms with van der Waals surface area (Å²) in [5.74, 6) is -0.152. The van der Waals surface area contributed by atoms with E-state index in [1.54, 1.807) is 11.8 Å². The minimum atomic E-state index is -0.815. The van der Waals surface area contributed by atoms with E-state index in [-0.39, 0.29) is 6.42 Å². The Morgan fingerprint density at radius 2 is 2.32 bits per heavy atom. The molecule has 0 atom stereocenters. The van der Waals surface area contributed by atoms with Gasteiger partial charge in [-0.1, -0.05) is 0 Å². The van der Waals surface area contributed by atoms with Crippen LogP contribution in [0, 0.1) is 6.92 Å². The van der Waals surface area contributed by atoms with Crippen molar-refractivity contribution in [1.29, 1.82) is 0 Å². The molecule has 19 heavy (non-hydrogen) atoms. The summed E-state index contributed by atoms with van der Waals surface area (Å²) < 4.78 is 7.00. The van der Waals surface area contributed by atoms with E-state index in [9.17, 15) is 4.79 Å². The molecule has 1 N–H and O–H groups in total. The molecule has 2 rings (SSSR count). The van der Waals surface area contributed by atoms with Crippen molar-refractivity contribution in [3.63, 3.8) is 0 Å². The van der Waals surface area contributed by atoms with Crippen molar-refractivity contribution in [3.8, 4) is 16.5 Å². The first-order valence-electron chi connectivity index (χ1n) is 5.77. The van der Waals surface area contributed by atoms with Crippen LogP contribution in [-0.2, 0) is 18.3 Å². The molecule has 0 amide bonds. The van der Waals surface area contributed by atoms with Crippen molar-refractivity contribution < 1.29 is 14.6 Å². The number of aromatic nitrogens is 3. The van der Waals surface area contributed by atoms with Crippen LogP contribution in [0.25, 0.3) is 10.6 Å². The summed E-state index contributed by atoms with van der Waals surface area (Å²) in [4.78, 5) is 15.0. The van der Waals surface area contributed by atoms with Gasteiger partial charge in [0.2, 0.25) is 5.88 Å². The smallest absolute Gasteiger partial charge is 0.303 e. The quantitative estimate of drug-likeness (QED) is 0.905. The number of aliphatic carboxylic acids is 1. The molecule has 0 saturated heterocycles. The maximum Gasteiger partial charge on any atom is 0.303 e. The summed E-state index contributed by atoms with van der Waals surface area (Å²) in [5.41, 5.74) is 2.50. The van der Waals surface area contributed by atoms with Crippen molar-refractivity contribution in [2.24, 2.45) is 7.05 Å². The lowest BCUT2D eigenvalue weighted by Gasteiger charge is -2.01. The van der Waals surface area contributed by atoms with E-state index in [0.717, 1.165) is 22.0 Å². The first kappa shape index (κ1) is 13.5. The van der Waals surface area contributed by atoms with Gasteiger partial charge in [0.25, 0.3) is 0 Å². The van der Waals surface area contributed by atoms with Crippen molar-refractivity contribution >= 4 is 17.3 Å². The predicted octanol–water partition coefficient (Wildman–Crippen LogP) is 1.88. The molecule has 0 aliphatic rings. The average Bonchev–Trinajstić information content (AvgIpc) is 2.90. The van der Waals surface area contributed by atoms with Crippen molar-refractivity contribution in [1.82, 2.24) is 14.8 Å². The molecule has 7 heteroatoms. The normalized spacial score (nSPS) is 10.7. The Morgan fingerprint density at radius 3 is 2.95 bits per heavy atom. The fourth-order valence-electron chi connectivity index (χ4n) is 1.89. The standard InChI is InChI=1S/C12H15N3O3S/c1-7-10(12(18-3)15(2)14-7)11-13-8(6-19-11)4-5-9(16)17/h6H,4-5H2,1-3H3,(H,16,17). The van der Waals surface area contributed by atoms with Crippen molar-refractivity contribution in [2.75, 3.05) is 7.11 Å². The van der Waals surface area contributed by atoms with Gasteiger partial charge < -0.3 is 9.84 Å². The second-order valence-electron chi connectivity index (χ2n) is 4.13. The Morgan fingerprint density at radius 1 is 1.58 bits per heavy atom. The highest BCUT2D eigenvalue weighted by molar-refractivity contribution is 7.13. The monoisotopic (exact) mass is 281 g/mol. The Balaban J connectivity index is 2.30. The molecule has 0 radical (unpaired) electrons. The third-order valence-electron chi connectivity index (χ3n) is 2.72. The van der Waals surface area contributed by atoms with Crippen LogP contribution in [0.5, 0.6) is 5.88 Å². The lowest BCUT2D eigenvalue weighted by Crippen LogP contribution is -1.97. The molecule has 0 fully saturated rings. The number of ether oxygens (including phenoxy) is 1. The molecule has 0 unspecified atom stereocenters. The number of hydrogen-bond donors (Lipinski definition) is 1. The summed E-state index contributed by atoms with van der Waals surface area (Å²) >= 11 is 1.47. The molecule has 2 heterocycles. The summed E-state index contributed by atoms with van der Waals surface area (Å²) in [6.07, 6.45) is 0.528. The number of nitrogens with zero attached hydrogens (tertiary/aromatic N) is 3. The molecule has 0 saturated carbocycles. The van der Waals surface area contributed by atoms with Gasteiger partial charge in [-0.05, 0) is 6.92 Å². The number of carbonyl (C=O) groups is 1. The van der Waals surface area contributed by atoms with Gasteiger partial charge in [0, 0.05) is 18.8 Å². The molecule has 0 bridgehead atoms. The molecule has 0 aliphatic heterocycles. The summed E-state index contributed by atoms with van der Waals surface area (Å²) in [7, 11) is 3.41. The van der Waals surface area contributed by atoms with Gasteiger partial charge in [-0.2, -0.15) is 5.10 Å². The Hall–Kier alpha value is -1.89. The fraction of sp³-hybridized carbons (Fsp3) is 0.417. The number of rotatable bonds is 5. The Labute approximate surface area is 114 Å². The van der Waals surface area contributed by atoms with Gasteiger partial charge >= 0.3 is 5.97 Å². The van der Waals surface area contributed by atoms with Gasteiger partial charge in [0.05, 0.1) is 30.5 Å². The van der Waals surface area contributed by atoms with Crippen LogP contribution in [0.4, 0.5) is 0 Å². The molecule has 102 valence electrons. The number of aryl methyl sites for hydroxylation is 3. The number of carboxylic acids is 1. The summed E-state index contributed by atoms with van der Waals surface area (Å²) in [6.45, 7) is 1.90. The van der Waals surface area contributed by atoms with E-state index in [4.69, 9.17) is 9.84 Å². The molecule has 2 aromatic rings. The highest BCUT2D eigenvalue weighted by Crippen LogP contribution is 2.34. The van der Waals surface area contributed by atoms with E-state index in [0.29, 0.717) is 12.3 Å². The predicted molar refractivity (Wildman–Crippen MR) is 71.6 cm³/mol. The molecule has 6 nitrogen and oxygen atoms in total. The van der Waals surface area contributed by atoms with Crippen LogP contribution in [0.15, 0.2) is 5.38 Å². The van der Waals surface area contributed by atoms with Crippen LogP contribution < -0.4 is 4.74 Å². The molecule has 0 spiro atoms. The molecule has 2 aromatic heterocycles. The SMILES string of the molecule is COc1c(-c2nc(CCC(=O)O)cs2)c(C)nn1C. The third-order valence-corrected chi connectivity index (χ3v) is 3.63. The number of hydrogen-bond acceptors (Lipinski definition) is 5. The fourth-order valence-corrected chi connectivity index (χ4v) is 2.83. The van der Waals surface area contributed by atoms with Crippen molar-refractivity contribution in [3.05, 3.63) is 16.8 Å². The third kappa shape index (κ3) is 2.76. The van der Waals surface area contributed by atoms with Gasteiger partial charge in [-0.15, -0.1) is 11.3 Å². The van der Waals surface area contributed by atoms with Crippen molar-refractivity contribution in [2.45, 2.75) is 19.8 Å². The second-order valence-corrected chi connectivity index (χ2v) is 4.99. The van der Waals surface area contributed by atoms with E-state index in [2.05, 4.69) is 10.1 Å². The first-order chi connectivity index (χ1) is 9.02. The zero-order chi connectivity index (χ0) is 14.0. The zero-order valence-electron chi connectivity index (χ0n) is 11.0. The lowest BCUT2D eigenvalue weighted by atomic mass is 10.2. The van der Waals surface area contributed by atoms with E-state index in [1.807, 2.05) is 19.4 Å². The van der Waals surface area contributed by atoms with Crippen LogP contribution >= 0.6 is 11.3 Å². The highest BCUT2D eigenvalue weighted by Gasteiger charge is 2.18. The molecular formula is C12H15N3O3S. The number of methoxy groups -OCH3 is 1. The van der Waals surface area contributed by atoms with Crippen LogP contribution in [0.3, 0.4) is 0 Å². The lowest BCUT2D eigenvalue weighted by molar-refractivity contribution is -0.136. The van der Waals surface area contributed by atoms with Gasteiger partial charge in [-0.3, -0.25) is 4.79 Å². The summed E-state index contributed by atoms with van der Waals surface area (Å²) in [5, 5.41) is 15.7. The maximum absolute atomic E-state index is 10.5. The minimum absolute atomic E-state index is 0.0896. The first-order valence-corrected chi connectivity index (χ1v) is 6.65. The Bertz CT molecular complexity index is 603. The number of carboxylic acid groups (broad SMARTS) is 1. The number of thiazole rings is 1. The van der Waals surface area contributed by atoms with Gasteiger partial charge in [0.1, 0.15) is 5.01 Å². The minimum Gasteiger partial charge on any atom is -0.481 e. The highest BCUT2D eigenvalue weighted by atomic mass is 32.1. The van der Waals surface area contributed by atoms with Crippen LogP contribution in [0.1, 0.15) is 17.8 Å². The van der Waals surface area contributed by atoms with Gasteiger partial charge in [-0.25, -0.2) is 9.67 Å².